The maximum atomic E-state index is 5.90. The molecule has 1 aromatic carbocycles. The Morgan fingerprint density at radius 2 is 1.53 bits per heavy atom. The van der Waals surface area contributed by atoms with Gasteiger partial charge in [0.1, 0.15) is 11.5 Å². The third kappa shape index (κ3) is 2.11. The Morgan fingerprint density at radius 1 is 0.882 bits per heavy atom. The van der Waals surface area contributed by atoms with Crippen LogP contribution < -0.4 is 5.73 Å². The molecule has 4 nitrogen and oxygen atoms in total. The van der Waals surface area contributed by atoms with E-state index in [1.54, 1.807) is 6.92 Å². The van der Waals surface area contributed by atoms with Gasteiger partial charge in [0.2, 0.25) is 0 Å². The second-order valence-corrected chi connectivity index (χ2v) is 4.34. The van der Waals surface area contributed by atoms with Gasteiger partial charge in [-0.3, -0.25) is 0 Å². The molecule has 0 amide bonds. The van der Waals surface area contributed by atoms with E-state index in [2.05, 4.69) is 41.2 Å². The SMILES string of the molecule is Cc1nnc(-c2cc(C)c(C)cc2C)c(N)n1. The van der Waals surface area contributed by atoms with E-state index < -0.39 is 0 Å². The molecule has 0 unspecified atom stereocenters. The molecule has 0 spiro atoms. The van der Waals surface area contributed by atoms with Gasteiger partial charge in [-0.05, 0) is 50.5 Å². The van der Waals surface area contributed by atoms with Crippen LogP contribution in [0.4, 0.5) is 5.82 Å². The van der Waals surface area contributed by atoms with Gasteiger partial charge in [-0.15, -0.1) is 10.2 Å². The molecule has 0 bridgehead atoms. The third-order valence-electron chi connectivity index (χ3n) is 2.92. The lowest BCUT2D eigenvalue weighted by molar-refractivity contribution is 0.919. The number of nitrogens with zero attached hydrogens (tertiary/aromatic N) is 3. The average Bonchev–Trinajstić information content (AvgIpc) is 2.24. The number of anilines is 1. The molecule has 88 valence electrons. The smallest absolute Gasteiger partial charge is 0.154 e. The van der Waals surface area contributed by atoms with Crippen LogP contribution >= 0.6 is 0 Å². The number of rotatable bonds is 1. The Kier molecular flexibility index (Phi) is 2.79. The Morgan fingerprint density at radius 3 is 2.18 bits per heavy atom. The lowest BCUT2D eigenvalue weighted by Crippen LogP contribution is -2.03. The molecule has 2 rings (SSSR count). The number of hydrogen-bond acceptors (Lipinski definition) is 4. The first-order chi connectivity index (χ1) is 7.99. The van der Waals surface area contributed by atoms with Crippen molar-refractivity contribution in [2.45, 2.75) is 27.7 Å². The lowest BCUT2D eigenvalue weighted by Gasteiger charge is -2.10. The van der Waals surface area contributed by atoms with Crippen molar-refractivity contribution in [3.8, 4) is 11.3 Å². The molecule has 0 saturated carbocycles. The zero-order chi connectivity index (χ0) is 12.6. The van der Waals surface area contributed by atoms with Gasteiger partial charge in [0.25, 0.3) is 0 Å². The molecule has 1 heterocycles. The summed E-state index contributed by atoms with van der Waals surface area (Å²) >= 11 is 0. The predicted molar refractivity (Wildman–Crippen MR) is 68.6 cm³/mol. The zero-order valence-electron chi connectivity index (χ0n) is 10.6. The van der Waals surface area contributed by atoms with Crippen molar-refractivity contribution in [1.29, 1.82) is 0 Å². The van der Waals surface area contributed by atoms with Crippen LogP contribution in [0.15, 0.2) is 12.1 Å². The van der Waals surface area contributed by atoms with E-state index in [9.17, 15) is 0 Å². The van der Waals surface area contributed by atoms with Crippen LogP contribution in [0, 0.1) is 27.7 Å². The van der Waals surface area contributed by atoms with Gasteiger partial charge >= 0.3 is 0 Å². The van der Waals surface area contributed by atoms with E-state index in [4.69, 9.17) is 5.73 Å². The minimum Gasteiger partial charge on any atom is -0.382 e. The minimum atomic E-state index is 0.434. The van der Waals surface area contributed by atoms with Crippen LogP contribution in [0.3, 0.4) is 0 Å². The minimum absolute atomic E-state index is 0.434. The van der Waals surface area contributed by atoms with Gasteiger partial charge in [-0.25, -0.2) is 4.98 Å². The Hall–Kier alpha value is -1.97. The fourth-order valence-corrected chi connectivity index (χ4v) is 1.83. The van der Waals surface area contributed by atoms with Crippen molar-refractivity contribution in [1.82, 2.24) is 15.2 Å². The van der Waals surface area contributed by atoms with Gasteiger partial charge < -0.3 is 5.73 Å². The summed E-state index contributed by atoms with van der Waals surface area (Å²) in [5, 5.41) is 8.11. The van der Waals surface area contributed by atoms with Crippen LogP contribution in [-0.4, -0.2) is 15.2 Å². The van der Waals surface area contributed by atoms with Crippen molar-refractivity contribution in [2.75, 3.05) is 5.73 Å². The van der Waals surface area contributed by atoms with Crippen molar-refractivity contribution in [2.24, 2.45) is 0 Å². The summed E-state index contributed by atoms with van der Waals surface area (Å²) in [6.07, 6.45) is 0. The molecule has 0 radical (unpaired) electrons. The van der Waals surface area contributed by atoms with Crippen molar-refractivity contribution in [3.05, 3.63) is 34.6 Å². The maximum absolute atomic E-state index is 5.90. The van der Waals surface area contributed by atoms with Crippen LogP contribution in [-0.2, 0) is 0 Å². The lowest BCUT2D eigenvalue weighted by atomic mass is 9.99. The molecule has 0 atom stereocenters. The second kappa shape index (κ2) is 4.13. The van der Waals surface area contributed by atoms with Gasteiger partial charge in [0, 0.05) is 5.56 Å². The predicted octanol–water partition coefficient (Wildman–Crippen LogP) is 2.35. The number of benzene rings is 1. The summed E-state index contributed by atoms with van der Waals surface area (Å²) in [4.78, 5) is 4.15. The summed E-state index contributed by atoms with van der Waals surface area (Å²) in [5.74, 6) is 1.02. The molecule has 0 fully saturated rings. The average molecular weight is 228 g/mol. The van der Waals surface area contributed by atoms with Crippen LogP contribution in [0.2, 0.25) is 0 Å². The fourth-order valence-electron chi connectivity index (χ4n) is 1.83. The molecular formula is C13H16N4. The standard InChI is InChI=1S/C13H16N4/c1-7-5-9(3)11(6-8(7)2)12-13(14)15-10(4)16-17-12/h5-6H,1-4H3,(H2,14,15,16). The highest BCUT2D eigenvalue weighted by molar-refractivity contribution is 5.73. The summed E-state index contributed by atoms with van der Waals surface area (Å²) in [7, 11) is 0. The first-order valence-electron chi connectivity index (χ1n) is 5.54. The highest BCUT2D eigenvalue weighted by Gasteiger charge is 2.11. The fraction of sp³-hybridized carbons (Fsp3) is 0.308. The van der Waals surface area contributed by atoms with Crippen molar-refractivity contribution < 1.29 is 0 Å². The quantitative estimate of drug-likeness (QED) is 0.813. The molecule has 0 aliphatic rings. The molecule has 2 aromatic rings. The molecule has 1 aromatic heterocycles. The molecule has 0 aliphatic heterocycles. The van der Waals surface area contributed by atoms with Crippen molar-refractivity contribution >= 4 is 5.82 Å². The summed E-state index contributed by atoms with van der Waals surface area (Å²) in [5.41, 5.74) is 11.2. The molecule has 2 N–H and O–H groups in total. The molecule has 0 saturated heterocycles. The largest absolute Gasteiger partial charge is 0.382 e. The van der Waals surface area contributed by atoms with Crippen molar-refractivity contribution in [3.63, 3.8) is 0 Å². The number of aromatic nitrogens is 3. The van der Waals surface area contributed by atoms with E-state index in [0.29, 0.717) is 17.3 Å². The topological polar surface area (TPSA) is 64.7 Å². The number of aryl methyl sites for hydroxylation is 4. The van der Waals surface area contributed by atoms with E-state index in [1.807, 2.05) is 6.92 Å². The van der Waals surface area contributed by atoms with Crippen LogP contribution in [0.25, 0.3) is 11.3 Å². The molecule has 0 aliphatic carbocycles. The molecule has 4 heteroatoms. The third-order valence-corrected chi connectivity index (χ3v) is 2.92. The Labute approximate surface area is 101 Å². The first-order valence-corrected chi connectivity index (χ1v) is 5.54. The Balaban J connectivity index is 2.64. The Bertz CT molecular complexity index is 576. The van der Waals surface area contributed by atoms with E-state index in [0.717, 1.165) is 11.1 Å². The van der Waals surface area contributed by atoms with E-state index in [1.165, 1.54) is 11.1 Å². The number of nitrogen functional groups attached to an aromatic ring is 1. The summed E-state index contributed by atoms with van der Waals surface area (Å²) in [6.45, 7) is 7.99. The maximum Gasteiger partial charge on any atom is 0.154 e. The molecule has 17 heavy (non-hydrogen) atoms. The van der Waals surface area contributed by atoms with E-state index in [-0.39, 0.29) is 0 Å². The van der Waals surface area contributed by atoms with Gasteiger partial charge in [-0.1, -0.05) is 6.07 Å². The summed E-state index contributed by atoms with van der Waals surface area (Å²) < 4.78 is 0. The van der Waals surface area contributed by atoms with Gasteiger partial charge in [-0.2, -0.15) is 0 Å². The first kappa shape index (κ1) is 11.5. The van der Waals surface area contributed by atoms with Gasteiger partial charge in [0.15, 0.2) is 5.82 Å². The normalized spacial score (nSPS) is 10.6. The number of nitrogens with two attached hydrogens (primary N) is 1. The van der Waals surface area contributed by atoms with Gasteiger partial charge in [0.05, 0.1) is 0 Å². The monoisotopic (exact) mass is 228 g/mol. The zero-order valence-corrected chi connectivity index (χ0v) is 10.6. The summed E-state index contributed by atoms with van der Waals surface area (Å²) in [6, 6.07) is 4.22. The second-order valence-electron chi connectivity index (χ2n) is 4.34. The molecular weight excluding hydrogens is 212 g/mol. The van der Waals surface area contributed by atoms with Crippen LogP contribution in [0.1, 0.15) is 22.5 Å². The van der Waals surface area contributed by atoms with E-state index >= 15 is 0 Å². The number of hydrogen-bond donors (Lipinski definition) is 1. The highest BCUT2D eigenvalue weighted by atomic mass is 15.2. The van der Waals surface area contributed by atoms with Crippen LogP contribution in [0.5, 0.6) is 0 Å². The highest BCUT2D eigenvalue weighted by Crippen LogP contribution is 2.27.